The first kappa shape index (κ1) is 21.8. The third kappa shape index (κ3) is 4.64. The maximum atomic E-state index is 12.5. The number of hydrogen-bond acceptors (Lipinski definition) is 2. The van der Waals surface area contributed by atoms with Crippen molar-refractivity contribution in [2.24, 2.45) is 0 Å². The molecule has 0 atom stereocenters. The predicted octanol–water partition coefficient (Wildman–Crippen LogP) is -1.68. The summed E-state index contributed by atoms with van der Waals surface area (Å²) in [6, 6.07) is 12.4. The normalized spacial score (nSPS) is 10.2. The van der Waals surface area contributed by atoms with E-state index in [1.807, 2.05) is 24.3 Å². The first-order valence-corrected chi connectivity index (χ1v) is 5.93. The van der Waals surface area contributed by atoms with Gasteiger partial charge in [0.25, 0.3) is 0 Å². The van der Waals surface area contributed by atoms with Gasteiger partial charge in [-0.3, -0.25) is 0 Å². The molecule has 3 rings (SSSR count). The van der Waals surface area contributed by atoms with Crippen LogP contribution in [0.5, 0.6) is 0 Å². The van der Waals surface area contributed by atoms with E-state index >= 15 is 0 Å². The third-order valence-electron chi connectivity index (χ3n) is 3.03. The summed E-state index contributed by atoms with van der Waals surface area (Å²) in [6.45, 7) is 0. The van der Waals surface area contributed by atoms with Crippen molar-refractivity contribution < 1.29 is 58.1 Å². The fourth-order valence-corrected chi connectivity index (χ4v) is 2.05. The second kappa shape index (κ2) is 8.60. The molecule has 3 aromatic rings. The van der Waals surface area contributed by atoms with Gasteiger partial charge in [0.05, 0.1) is 16.8 Å². The van der Waals surface area contributed by atoms with Crippen LogP contribution in [0.1, 0.15) is 5.56 Å². The summed E-state index contributed by atoms with van der Waals surface area (Å²) in [5.74, 6) is 0. The van der Waals surface area contributed by atoms with Gasteiger partial charge in [-0.2, -0.15) is 13.2 Å². The van der Waals surface area contributed by atoms with E-state index in [9.17, 15) is 13.2 Å². The summed E-state index contributed by atoms with van der Waals surface area (Å²) in [5.41, 5.74) is 1.36. The Bertz CT molecular complexity index is 759. The van der Waals surface area contributed by atoms with Gasteiger partial charge in [-0.25, -0.2) is 9.97 Å². The molecule has 0 saturated carbocycles. The first-order valence-electron chi connectivity index (χ1n) is 5.93. The molecule has 2 aromatic carbocycles. The van der Waals surface area contributed by atoms with Crippen LogP contribution in [-0.4, -0.2) is 9.97 Å². The van der Waals surface area contributed by atoms with Crippen molar-refractivity contribution in [1.82, 2.24) is 9.97 Å². The van der Waals surface area contributed by atoms with E-state index in [1.54, 1.807) is 0 Å². The van der Waals surface area contributed by atoms with E-state index in [4.69, 9.17) is 0 Å². The van der Waals surface area contributed by atoms with Crippen LogP contribution in [0.4, 0.5) is 13.2 Å². The van der Waals surface area contributed by atoms with E-state index in [-0.39, 0.29) is 44.9 Å². The van der Waals surface area contributed by atoms with Gasteiger partial charge in [0.2, 0.25) is 0 Å². The summed E-state index contributed by atoms with van der Waals surface area (Å²) >= 11 is 0. The van der Waals surface area contributed by atoms with Crippen LogP contribution in [0.15, 0.2) is 54.9 Å². The zero-order chi connectivity index (χ0) is 14.2. The zero-order valence-corrected chi connectivity index (χ0v) is 15.2. The number of rotatable bonds is 1. The van der Waals surface area contributed by atoms with Gasteiger partial charge in [0.15, 0.2) is 0 Å². The minimum absolute atomic E-state index is 0. The third-order valence-corrected chi connectivity index (χ3v) is 3.03. The Morgan fingerprint density at radius 3 is 2.00 bits per heavy atom. The topological polar surface area (TPSA) is 25.8 Å². The number of fused-ring (bicyclic) bond motifs is 1. The van der Waals surface area contributed by atoms with Crippen LogP contribution < -0.4 is 24.8 Å². The average Bonchev–Trinajstić information content (AvgIpc) is 2.46. The van der Waals surface area contributed by atoms with Crippen molar-refractivity contribution >= 4 is 10.9 Å². The van der Waals surface area contributed by atoms with Crippen molar-refractivity contribution in [3.05, 3.63) is 60.4 Å². The van der Waals surface area contributed by atoms with Gasteiger partial charge in [0, 0.05) is 31.1 Å². The molecule has 0 spiro atoms. The monoisotopic (exact) mass is 537 g/mol. The molecule has 2 nitrogen and oxygen atoms in total. The number of para-hydroxylation sites is 1. The molecule has 0 unspecified atom stereocenters. The number of nitrogens with zero attached hydrogens (tertiary/aromatic N) is 2. The molecule has 0 aliphatic carbocycles. The van der Waals surface area contributed by atoms with E-state index in [0.717, 1.165) is 23.0 Å². The molecule has 1 radical (unpaired) electrons. The van der Waals surface area contributed by atoms with E-state index in [0.29, 0.717) is 11.3 Å². The summed E-state index contributed by atoms with van der Waals surface area (Å²) < 4.78 is 37.6. The first-order chi connectivity index (χ1) is 9.55. The predicted molar refractivity (Wildman–Crippen MR) is 70.0 cm³/mol. The Kier molecular flexibility index (Phi) is 8.15. The van der Waals surface area contributed by atoms with Crippen LogP contribution in [0.2, 0.25) is 0 Å². The van der Waals surface area contributed by atoms with Crippen molar-refractivity contribution in [3.63, 3.8) is 0 Å². The molecule has 8 heteroatoms. The van der Waals surface area contributed by atoms with E-state index in [2.05, 4.69) is 9.97 Å². The summed E-state index contributed by atoms with van der Waals surface area (Å²) in [6.07, 6.45) is -2.92. The molecule has 23 heavy (non-hydrogen) atoms. The minimum Gasteiger partial charge on any atom is -1.00 e. The second-order valence-electron chi connectivity index (χ2n) is 4.31. The molecule has 0 aliphatic rings. The maximum Gasteiger partial charge on any atom is 0.416 e. The largest absolute Gasteiger partial charge is 1.00 e. The molecular weight excluding hydrogens is 528 g/mol. The quantitative estimate of drug-likeness (QED) is 0.371. The fraction of sp³-hybridized carbons (Fsp3) is 0.0667. The summed E-state index contributed by atoms with van der Waals surface area (Å²) in [4.78, 5) is 8.31. The van der Waals surface area contributed by atoms with Crippen molar-refractivity contribution in [2.75, 3.05) is 0 Å². The molecule has 0 amide bonds. The van der Waals surface area contributed by atoms with Crippen LogP contribution in [0.3, 0.4) is 0 Å². The van der Waals surface area contributed by atoms with Gasteiger partial charge in [-0.05, 0) is 18.2 Å². The molecule has 0 N–H and O–H groups in total. The number of aromatic nitrogens is 2. The van der Waals surface area contributed by atoms with Gasteiger partial charge >= 0.3 is 6.18 Å². The van der Waals surface area contributed by atoms with Crippen LogP contribution >= 0.6 is 0 Å². The SMILES string of the molecule is FC(F)(F)c1ccc(-c2ncnc3ccccc23)cc1.[Cl-].[Cl-].[Ir]. The molecule has 0 saturated heterocycles. The van der Waals surface area contributed by atoms with E-state index < -0.39 is 11.7 Å². The number of halogens is 5. The smallest absolute Gasteiger partial charge is 0.416 e. The van der Waals surface area contributed by atoms with Gasteiger partial charge in [-0.15, -0.1) is 0 Å². The molecule has 0 aliphatic heterocycles. The van der Waals surface area contributed by atoms with Gasteiger partial charge in [0.1, 0.15) is 6.33 Å². The van der Waals surface area contributed by atoms with Gasteiger partial charge < -0.3 is 24.8 Å². The van der Waals surface area contributed by atoms with E-state index in [1.165, 1.54) is 18.5 Å². The minimum atomic E-state index is -4.33. The Morgan fingerprint density at radius 1 is 0.783 bits per heavy atom. The average molecular weight is 537 g/mol. The molecule has 1 aromatic heterocycles. The fourth-order valence-electron chi connectivity index (χ4n) is 2.05. The second-order valence-corrected chi connectivity index (χ2v) is 4.31. The molecular formula is C15H9Cl2F3IrN2-2. The number of benzene rings is 2. The zero-order valence-electron chi connectivity index (χ0n) is 11.3. The summed E-state index contributed by atoms with van der Waals surface area (Å²) in [5, 5.41) is 0.815. The Balaban J connectivity index is 0.00000161. The molecule has 0 fully saturated rings. The molecule has 0 bridgehead atoms. The van der Waals surface area contributed by atoms with Crippen LogP contribution in [0, 0.1) is 0 Å². The maximum absolute atomic E-state index is 12.5. The van der Waals surface area contributed by atoms with Crippen LogP contribution in [0.25, 0.3) is 22.2 Å². The van der Waals surface area contributed by atoms with Crippen molar-refractivity contribution in [1.29, 1.82) is 0 Å². The van der Waals surface area contributed by atoms with Gasteiger partial charge in [-0.1, -0.05) is 30.3 Å². The summed E-state index contributed by atoms with van der Waals surface area (Å²) in [7, 11) is 0. The molecule has 1 heterocycles. The van der Waals surface area contributed by atoms with Crippen molar-refractivity contribution in [3.8, 4) is 11.3 Å². The molecule has 125 valence electrons. The Hall–Kier alpha value is -1.20. The standard InChI is InChI=1S/C15H9F3N2.2ClH.Ir/c16-15(17,18)11-7-5-10(6-8-11)14-12-3-1-2-4-13(12)19-9-20-14;;;/h1-9H;2*1H;/p-2. The van der Waals surface area contributed by atoms with Crippen molar-refractivity contribution in [2.45, 2.75) is 6.18 Å². The number of alkyl halides is 3. The number of hydrogen-bond donors (Lipinski definition) is 0. The van der Waals surface area contributed by atoms with Crippen LogP contribution in [-0.2, 0) is 26.3 Å². The Morgan fingerprint density at radius 2 is 1.39 bits per heavy atom. The Labute approximate surface area is 156 Å².